The zero-order chi connectivity index (χ0) is 26.8. The minimum atomic E-state index is -1.31. The summed E-state index contributed by atoms with van der Waals surface area (Å²) in [6, 6.07) is -1.51. The molecule has 0 aromatic carbocycles. The molecule has 0 aliphatic carbocycles. The predicted molar refractivity (Wildman–Crippen MR) is 139 cm³/mol. The third kappa shape index (κ3) is 4.76. The van der Waals surface area contributed by atoms with E-state index in [1.807, 2.05) is 45.1 Å². The van der Waals surface area contributed by atoms with Gasteiger partial charge in [0.1, 0.15) is 17.6 Å². The van der Waals surface area contributed by atoms with Crippen molar-refractivity contribution in [3.05, 3.63) is 24.3 Å². The zero-order valence-corrected chi connectivity index (χ0v) is 22.9. The molecule has 1 unspecified atom stereocenters. The van der Waals surface area contributed by atoms with Crippen LogP contribution < -0.4 is 0 Å². The molecule has 7 atom stereocenters. The fourth-order valence-corrected chi connectivity index (χ4v) is 6.71. The van der Waals surface area contributed by atoms with E-state index in [9.17, 15) is 19.5 Å². The van der Waals surface area contributed by atoms with Crippen LogP contribution in [0, 0.1) is 17.8 Å². The van der Waals surface area contributed by atoms with Gasteiger partial charge in [-0.3, -0.25) is 14.4 Å². The maximum Gasteiger partial charge on any atom is 0.313 e. The van der Waals surface area contributed by atoms with Gasteiger partial charge in [0.25, 0.3) is 0 Å². The van der Waals surface area contributed by atoms with Crippen LogP contribution in [0.1, 0.15) is 72.6 Å². The third-order valence-electron chi connectivity index (χ3n) is 8.90. The van der Waals surface area contributed by atoms with Crippen LogP contribution in [-0.2, 0) is 23.9 Å². The highest BCUT2D eigenvalue weighted by molar-refractivity contribution is 5.99. The number of hydrogen-bond acceptors (Lipinski definition) is 6. The Morgan fingerprint density at radius 3 is 2.57 bits per heavy atom. The van der Waals surface area contributed by atoms with Gasteiger partial charge < -0.3 is 24.4 Å². The molecule has 4 rings (SSSR count). The van der Waals surface area contributed by atoms with Gasteiger partial charge in [-0.25, -0.2) is 0 Å². The smallest absolute Gasteiger partial charge is 0.313 e. The van der Waals surface area contributed by atoms with E-state index in [2.05, 4.69) is 6.92 Å². The van der Waals surface area contributed by atoms with Crippen LogP contribution in [0.25, 0.3) is 0 Å². The Morgan fingerprint density at radius 1 is 1.08 bits per heavy atom. The average Bonchev–Trinajstić information content (AvgIpc) is 3.21. The minimum Gasteiger partial charge on any atom is -0.465 e. The second-order valence-electron chi connectivity index (χ2n) is 11.3. The SMILES string of the molecule is CCCCCN1CC=C[C@]23O[C@]4(C)/C=C\CCCCOC(=O)[C@@H]4[C@H]2C(=O)N([C@@H](CO)[C@@H](C)CC)C3C1=O. The summed E-state index contributed by atoms with van der Waals surface area (Å²) in [5.41, 5.74) is -2.41. The van der Waals surface area contributed by atoms with Gasteiger partial charge in [-0.05, 0) is 38.5 Å². The number of amides is 2. The molecule has 0 bridgehead atoms. The van der Waals surface area contributed by atoms with Crippen molar-refractivity contribution in [2.45, 2.75) is 95.9 Å². The van der Waals surface area contributed by atoms with E-state index in [0.29, 0.717) is 19.7 Å². The molecular weight excluding hydrogens is 472 g/mol. The number of likely N-dealkylation sites (tertiary alicyclic amines) is 1. The number of esters is 1. The monoisotopic (exact) mass is 516 g/mol. The maximum absolute atomic E-state index is 14.4. The van der Waals surface area contributed by atoms with Crippen molar-refractivity contribution >= 4 is 17.8 Å². The largest absolute Gasteiger partial charge is 0.465 e. The summed E-state index contributed by atoms with van der Waals surface area (Å²) in [7, 11) is 0. The minimum absolute atomic E-state index is 0.0410. The number of nitrogens with zero attached hydrogens (tertiary/aromatic N) is 2. The second-order valence-corrected chi connectivity index (χ2v) is 11.3. The van der Waals surface area contributed by atoms with E-state index in [-0.39, 0.29) is 24.3 Å². The lowest BCUT2D eigenvalue weighted by Gasteiger charge is -2.41. The number of aliphatic hydroxyl groups is 1. The third-order valence-corrected chi connectivity index (χ3v) is 8.90. The summed E-state index contributed by atoms with van der Waals surface area (Å²) >= 11 is 0. The standard InChI is InChI=1S/C29H44N2O6/c1-5-7-11-16-30-17-13-15-29-22(23-27(35)36-18-12-9-8-10-14-28(23,4)37-29)25(33)31(24(29)26(30)34)21(19-32)20(3)6-2/h10,13-15,20-24,32H,5-9,11-12,16-19H2,1-4H3/b14-10-/t20-,21-,22-,23-,24?,28+,29-/m0/s1. The first kappa shape index (κ1) is 27.8. The van der Waals surface area contributed by atoms with Crippen molar-refractivity contribution in [2.24, 2.45) is 17.8 Å². The van der Waals surface area contributed by atoms with Gasteiger partial charge in [-0.15, -0.1) is 0 Å². The molecule has 0 aromatic rings. The number of fused-ring (bicyclic) bond motifs is 2. The molecule has 1 spiro atoms. The summed E-state index contributed by atoms with van der Waals surface area (Å²) in [5.74, 6) is -2.79. The molecule has 206 valence electrons. The number of unbranched alkanes of at least 4 members (excludes halogenated alkanes) is 2. The zero-order valence-electron chi connectivity index (χ0n) is 22.9. The van der Waals surface area contributed by atoms with Crippen LogP contribution in [0.2, 0.25) is 0 Å². The Hall–Kier alpha value is -2.19. The number of cyclic esters (lactones) is 1. The highest BCUT2D eigenvalue weighted by atomic mass is 16.6. The molecule has 2 amide bonds. The molecular formula is C29H44N2O6. The van der Waals surface area contributed by atoms with Crippen LogP contribution in [0.4, 0.5) is 0 Å². The van der Waals surface area contributed by atoms with Crippen LogP contribution in [0.3, 0.4) is 0 Å². The molecule has 8 nitrogen and oxygen atoms in total. The van der Waals surface area contributed by atoms with Crippen molar-refractivity contribution in [1.82, 2.24) is 9.80 Å². The summed E-state index contributed by atoms with van der Waals surface area (Å²) in [6.07, 6.45) is 13.8. The van der Waals surface area contributed by atoms with E-state index < -0.39 is 41.1 Å². The van der Waals surface area contributed by atoms with Gasteiger partial charge in [-0.2, -0.15) is 0 Å². The number of carbonyl (C=O) groups is 3. The molecule has 0 saturated carbocycles. The highest BCUT2D eigenvalue weighted by Gasteiger charge is 2.75. The van der Waals surface area contributed by atoms with Gasteiger partial charge in [0.05, 0.1) is 30.8 Å². The van der Waals surface area contributed by atoms with E-state index in [1.165, 1.54) is 0 Å². The van der Waals surface area contributed by atoms with Crippen molar-refractivity contribution in [3.63, 3.8) is 0 Å². The van der Waals surface area contributed by atoms with Crippen LogP contribution in [0.15, 0.2) is 24.3 Å². The molecule has 0 radical (unpaired) electrons. The molecule has 8 heteroatoms. The maximum atomic E-state index is 14.4. The first-order valence-corrected chi connectivity index (χ1v) is 14.2. The van der Waals surface area contributed by atoms with E-state index in [1.54, 1.807) is 9.80 Å². The molecule has 4 aliphatic heterocycles. The van der Waals surface area contributed by atoms with Crippen molar-refractivity contribution in [1.29, 1.82) is 0 Å². The summed E-state index contributed by atoms with van der Waals surface area (Å²) < 4.78 is 12.5. The Labute approximate surface area is 221 Å². The molecule has 2 saturated heterocycles. The molecule has 4 heterocycles. The quantitative estimate of drug-likeness (QED) is 0.302. The lowest BCUT2D eigenvalue weighted by atomic mass is 9.74. The first-order chi connectivity index (χ1) is 17.8. The van der Waals surface area contributed by atoms with Crippen molar-refractivity contribution < 1.29 is 29.0 Å². The van der Waals surface area contributed by atoms with Gasteiger partial charge in [0, 0.05) is 13.1 Å². The van der Waals surface area contributed by atoms with Crippen molar-refractivity contribution in [3.8, 4) is 0 Å². The fraction of sp³-hybridized carbons (Fsp3) is 0.759. The topological polar surface area (TPSA) is 96.4 Å². The molecule has 0 aromatic heterocycles. The first-order valence-electron chi connectivity index (χ1n) is 14.2. The second kappa shape index (κ2) is 11.3. The number of allylic oxidation sites excluding steroid dienone is 1. The number of rotatable bonds is 8. The summed E-state index contributed by atoms with van der Waals surface area (Å²) in [5, 5.41) is 10.5. The van der Waals surface area contributed by atoms with Gasteiger partial charge in [0.15, 0.2) is 0 Å². The molecule has 2 fully saturated rings. The van der Waals surface area contributed by atoms with E-state index in [4.69, 9.17) is 9.47 Å². The van der Waals surface area contributed by atoms with Gasteiger partial charge in [0.2, 0.25) is 11.8 Å². The molecule has 37 heavy (non-hydrogen) atoms. The Kier molecular flexibility index (Phi) is 8.48. The average molecular weight is 517 g/mol. The summed E-state index contributed by atoms with van der Waals surface area (Å²) in [6.45, 7) is 8.99. The summed E-state index contributed by atoms with van der Waals surface area (Å²) in [4.78, 5) is 45.6. The van der Waals surface area contributed by atoms with E-state index in [0.717, 1.165) is 44.9 Å². The molecule has 4 aliphatic rings. The van der Waals surface area contributed by atoms with Crippen molar-refractivity contribution in [2.75, 3.05) is 26.3 Å². The lowest BCUT2D eigenvalue weighted by Crippen LogP contribution is -2.59. The number of hydrogen-bond donors (Lipinski definition) is 1. The van der Waals surface area contributed by atoms with Gasteiger partial charge >= 0.3 is 5.97 Å². The normalized spacial score (nSPS) is 36.4. The van der Waals surface area contributed by atoms with Crippen LogP contribution >= 0.6 is 0 Å². The van der Waals surface area contributed by atoms with Gasteiger partial charge in [-0.1, -0.05) is 64.3 Å². The Morgan fingerprint density at radius 2 is 1.86 bits per heavy atom. The Balaban J connectivity index is 1.85. The van der Waals surface area contributed by atoms with E-state index >= 15 is 0 Å². The fourth-order valence-electron chi connectivity index (χ4n) is 6.71. The van der Waals surface area contributed by atoms with Crippen LogP contribution in [-0.4, -0.2) is 82.3 Å². The number of carbonyl (C=O) groups excluding carboxylic acids is 3. The van der Waals surface area contributed by atoms with Crippen LogP contribution in [0.5, 0.6) is 0 Å². The number of aliphatic hydroxyl groups excluding tert-OH is 1. The highest BCUT2D eigenvalue weighted by Crippen LogP contribution is 2.57. The number of ether oxygens (including phenoxy) is 2. The predicted octanol–water partition coefficient (Wildman–Crippen LogP) is 3.24. The lowest BCUT2D eigenvalue weighted by molar-refractivity contribution is -0.162. The molecule has 1 N–H and O–H groups in total. The Bertz CT molecular complexity index is 933.